The predicted octanol–water partition coefficient (Wildman–Crippen LogP) is 4.40. The van der Waals surface area contributed by atoms with Crippen LogP contribution in [0.25, 0.3) is 0 Å². The molecule has 0 unspecified atom stereocenters. The Morgan fingerprint density at radius 3 is 2.65 bits per heavy atom. The predicted molar refractivity (Wildman–Crippen MR) is 73.4 cm³/mol. The molecule has 1 radical (unpaired) electrons. The quantitative estimate of drug-likeness (QED) is 0.675. The topological polar surface area (TPSA) is 9.23 Å². The third-order valence-electron chi connectivity index (χ3n) is 2.57. The van der Waals surface area contributed by atoms with Crippen LogP contribution >= 0.6 is 0 Å². The van der Waals surface area contributed by atoms with E-state index in [1.807, 2.05) is 6.07 Å². The molecule has 0 saturated carbocycles. The normalized spacial score (nSPS) is 10.6. The van der Waals surface area contributed by atoms with Gasteiger partial charge in [0.25, 0.3) is 0 Å². The van der Waals surface area contributed by atoms with Crippen molar-refractivity contribution in [2.75, 3.05) is 6.61 Å². The van der Waals surface area contributed by atoms with Crippen molar-refractivity contribution in [3.63, 3.8) is 0 Å². The molecule has 1 aromatic carbocycles. The maximum absolute atomic E-state index is 5.76. The van der Waals surface area contributed by atoms with Crippen LogP contribution in [0.2, 0.25) is 0 Å². The molecule has 0 bridgehead atoms. The number of rotatable bonds is 7. The zero-order chi connectivity index (χ0) is 12.7. The molecule has 0 atom stereocenters. The maximum atomic E-state index is 5.76. The summed E-state index contributed by atoms with van der Waals surface area (Å²) in [4.78, 5) is 0. The molecule has 0 N–H and O–H groups in total. The second-order valence-corrected chi connectivity index (χ2v) is 4.85. The number of aryl methyl sites for hydroxylation is 1. The summed E-state index contributed by atoms with van der Waals surface area (Å²) in [6.45, 7) is 11.0. The monoisotopic (exact) mass is 231 g/mol. The Kier molecular flexibility index (Phi) is 5.82. The van der Waals surface area contributed by atoms with Gasteiger partial charge >= 0.3 is 0 Å². The van der Waals surface area contributed by atoms with Crippen LogP contribution in [0.3, 0.4) is 0 Å². The lowest BCUT2D eigenvalue weighted by Gasteiger charge is -2.11. The summed E-state index contributed by atoms with van der Waals surface area (Å²) in [6.07, 6.45) is 6.47. The van der Waals surface area contributed by atoms with Crippen LogP contribution in [-0.4, -0.2) is 6.61 Å². The maximum Gasteiger partial charge on any atom is 0.120 e. The summed E-state index contributed by atoms with van der Waals surface area (Å²) >= 11 is 0. The molecule has 0 amide bonds. The standard InChI is InChI=1S/C16H23O/c1-5-7-8-15-9-14(6-2)10-16(11-15)17-12-13(3)4/h9-11,13H,2,5,7-8,12H2,1,3-4H3. The van der Waals surface area contributed by atoms with E-state index in [1.165, 1.54) is 18.4 Å². The van der Waals surface area contributed by atoms with Gasteiger partial charge < -0.3 is 4.74 Å². The van der Waals surface area contributed by atoms with Gasteiger partial charge in [-0.15, -0.1) is 0 Å². The number of unbranched alkanes of at least 4 members (excludes halogenated alkanes) is 1. The van der Waals surface area contributed by atoms with Crippen LogP contribution in [0.15, 0.2) is 24.8 Å². The van der Waals surface area contributed by atoms with E-state index in [0.717, 1.165) is 24.3 Å². The summed E-state index contributed by atoms with van der Waals surface area (Å²) < 4.78 is 5.76. The van der Waals surface area contributed by atoms with Crippen LogP contribution < -0.4 is 4.74 Å². The van der Waals surface area contributed by atoms with Crippen molar-refractivity contribution >= 4 is 0 Å². The third-order valence-corrected chi connectivity index (χ3v) is 2.57. The molecule has 0 aliphatic rings. The van der Waals surface area contributed by atoms with Crippen molar-refractivity contribution in [1.29, 1.82) is 0 Å². The van der Waals surface area contributed by atoms with Crippen LogP contribution in [-0.2, 0) is 6.42 Å². The Morgan fingerprint density at radius 1 is 1.29 bits per heavy atom. The first kappa shape index (κ1) is 13.8. The summed E-state index contributed by atoms with van der Waals surface area (Å²) in [5, 5.41) is 0. The fraction of sp³-hybridized carbons (Fsp3) is 0.500. The van der Waals surface area contributed by atoms with Crippen LogP contribution in [0.1, 0.15) is 44.7 Å². The van der Waals surface area contributed by atoms with Crippen molar-refractivity contribution in [1.82, 2.24) is 0 Å². The van der Waals surface area contributed by atoms with E-state index in [2.05, 4.69) is 45.6 Å². The van der Waals surface area contributed by atoms with Gasteiger partial charge in [0, 0.05) is 0 Å². The van der Waals surface area contributed by atoms with E-state index in [4.69, 9.17) is 4.74 Å². The second kappa shape index (κ2) is 7.16. The first-order chi connectivity index (χ1) is 8.15. The van der Waals surface area contributed by atoms with E-state index in [9.17, 15) is 0 Å². The van der Waals surface area contributed by atoms with Crippen LogP contribution in [0, 0.1) is 12.0 Å². The second-order valence-electron chi connectivity index (χ2n) is 4.85. The minimum Gasteiger partial charge on any atom is -0.493 e. The fourth-order valence-electron chi connectivity index (χ4n) is 1.63. The summed E-state index contributed by atoms with van der Waals surface area (Å²) in [6, 6.07) is 6.29. The molecule has 0 saturated heterocycles. The number of hydrogen-bond acceptors (Lipinski definition) is 1. The fourth-order valence-corrected chi connectivity index (χ4v) is 1.63. The van der Waals surface area contributed by atoms with Crippen LogP contribution in [0.4, 0.5) is 0 Å². The van der Waals surface area contributed by atoms with Gasteiger partial charge in [0.15, 0.2) is 0 Å². The highest BCUT2D eigenvalue weighted by atomic mass is 16.5. The van der Waals surface area contributed by atoms with Crippen molar-refractivity contribution < 1.29 is 4.74 Å². The van der Waals surface area contributed by atoms with Gasteiger partial charge in [-0.25, -0.2) is 0 Å². The molecule has 0 aromatic heterocycles. The SMILES string of the molecule is C=[C]c1cc(CCCC)cc(OCC(C)C)c1. The van der Waals surface area contributed by atoms with E-state index >= 15 is 0 Å². The highest BCUT2D eigenvalue weighted by Gasteiger charge is 2.02. The number of hydrogen-bond donors (Lipinski definition) is 0. The van der Waals surface area contributed by atoms with Gasteiger partial charge in [0.05, 0.1) is 6.61 Å². The average molecular weight is 231 g/mol. The van der Waals surface area contributed by atoms with Crippen molar-refractivity contribution in [3.05, 3.63) is 42.0 Å². The lowest BCUT2D eigenvalue weighted by molar-refractivity contribution is 0.270. The lowest BCUT2D eigenvalue weighted by Crippen LogP contribution is -2.05. The van der Waals surface area contributed by atoms with E-state index < -0.39 is 0 Å². The first-order valence-electron chi connectivity index (χ1n) is 6.45. The highest BCUT2D eigenvalue weighted by molar-refractivity contribution is 5.37. The third kappa shape index (κ3) is 5.08. The van der Waals surface area contributed by atoms with Crippen molar-refractivity contribution in [2.24, 2.45) is 5.92 Å². The van der Waals surface area contributed by atoms with E-state index in [1.54, 1.807) is 0 Å². The zero-order valence-corrected chi connectivity index (χ0v) is 11.3. The molecule has 0 spiro atoms. The Bertz CT molecular complexity index is 353. The molecule has 1 heteroatoms. The first-order valence-corrected chi connectivity index (χ1v) is 6.45. The molecule has 93 valence electrons. The number of ether oxygens (including phenoxy) is 1. The molecule has 1 aromatic rings. The highest BCUT2D eigenvalue weighted by Crippen LogP contribution is 2.19. The molecule has 0 aliphatic heterocycles. The van der Waals surface area contributed by atoms with Gasteiger partial charge in [0.1, 0.15) is 5.75 Å². The molecule has 0 fully saturated rings. The summed E-state index contributed by atoms with van der Waals surface area (Å²) in [7, 11) is 0. The zero-order valence-electron chi connectivity index (χ0n) is 11.3. The molecule has 1 nitrogen and oxygen atoms in total. The smallest absolute Gasteiger partial charge is 0.120 e. The molecular weight excluding hydrogens is 208 g/mol. The van der Waals surface area contributed by atoms with E-state index in [0.29, 0.717) is 5.92 Å². The Hall–Kier alpha value is -1.24. The van der Waals surface area contributed by atoms with Gasteiger partial charge in [-0.1, -0.05) is 39.8 Å². The Labute approximate surface area is 106 Å². The molecule has 0 heterocycles. The minimum atomic E-state index is 0.547. The van der Waals surface area contributed by atoms with Crippen LogP contribution in [0.5, 0.6) is 5.75 Å². The lowest BCUT2D eigenvalue weighted by atomic mass is 10.0. The Morgan fingerprint density at radius 2 is 2.06 bits per heavy atom. The molecule has 0 aliphatic carbocycles. The molecule has 1 rings (SSSR count). The van der Waals surface area contributed by atoms with Gasteiger partial charge in [-0.3, -0.25) is 0 Å². The van der Waals surface area contributed by atoms with Gasteiger partial charge in [0.2, 0.25) is 0 Å². The van der Waals surface area contributed by atoms with Gasteiger partial charge in [-0.05, 0) is 48.1 Å². The largest absolute Gasteiger partial charge is 0.493 e. The Balaban J connectivity index is 2.77. The minimum absolute atomic E-state index is 0.547. The van der Waals surface area contributed by atoms with Crippen molar-refractivity contribution in [2.45, 2.75) is 40.0 Å². The number of benzene rings is 1. The van der Waals surface area contributed by atoms with Crippen molar-refractivity contribution in [3.8, 4) is 5.75 Å². The summed E-state index contributed by atoms with van der Waals surface area (Å²) in [5.41, 5.74) is 2.34. The van der Waals surface area contributed by atoms with E-state index in [-0.39, 0.29) is 0 Å². The summed E-state index contributed by atoms with van der Waals surface area (Å²) in [5.74, 6) is 1.49. The van der Waals surface area contributed by atoms with Gasteiger partial charge in [-0.2, -0.15) is 0 Å². The average Bonchev–Trinajstić information content (AvgIpc) is 2.33. The molecular formula is C16H23O. The molecule has 17 heavy (non-hydrogen) atoms.